The molecule has 1 unspecified atom stereocenters. The van der Waals surface area contributed by atoms with Gasteiger partial charge in [0, 0.05) is 11.9 Å². The van der Waals surface area contributed by atoms with Gasteiger partial charge in [0.05, 0.1) is 23.1 Å². The van der Waals surface area contributed by atoms with Gasteiger partial charge in [-0.1, -0.05) is 18.7 Å². The number of carbonyl (C=O) groups is 2. The summed E-state index contributed by atoms with van der Waals surface area (Å²) < 4.78 is 7.16. The Morgan fingerprint density at radius 2 is 2.23 bits per heavy atom. The minimum atomic E-state index is -0.488. The van der Waals surface area contributed by atoms with Crippen molar-refractivity contribution in [3.05, 3.63) is 34.1 Å². The van der Waals surface area contributed by atoms with E-state index in [-0.39, 0.29) is 11.7 Å². The highest BCUT2D eigenvalue weighted by Gasteiger charge is 2.27. The molecule has 10 heteroatoms. The van der Waals surface area contributed by atoms with Crippen LogP contribution in [0.5, 0.6) is 0 Å². The van der Waals surface area contributed by atoms with Gasteiger partial charge in [-0.2, -0.15) is 0 Å². The van der Waals surface area contributed by atoms with Gasteiger partial charge in [-0.15, -0.1) is 21.5 Å². The van der Waals surface area contributed by atoms with Crippen molar-refractivity contribution in [1.29, 1.82) is 0 Å². The summed E-state index contributed by atoms with van der Waals surface area (Å²) in [5, 5.41) is 12.5. The number of nitrogens with two attached hydrogens (primary N) is 1. The van der Waals surface area contributed by atoms with Crippen LogP contribution in [0.1, 0.15) is 39.9 Å². The minimum Gasteiger partial charge on any atom is -0.469 e. The number of carbonyl (C=O) groups excluding carboxylic acids is 2. The van der Waals surface area contributed by atoms with E-state index in [2.05, 4.69) is 22.4 Å². The number of fused-ring (bicyclic) bond motifs is 1. The Bertz CT molecular complexity index is 1110. The second-order valence-electron chi connectivity index (χ2n) is 7.51. The Balaban J connectivity index is 1.46. The summed E-state index contributed by atoms with van der Waals surface area (Å²) >= 11 is 2.75. The first-order chi connectivity index (χ1) is 14.3. The Morgan fingerprint density at radius 3 is 2.93 bits per heavy atom. The third-order valence-electron chi connectivity index (χ3n) is 5.28. The van der Waals surface area contributed by atoms with E-state index in [9.17, 15) is 9.59 Å². The fraction of sp³-hybridized carbons (Fsp3) is 0.400. The predicted molar refractivity (Wildman–Crippen MR) is 117 cm³/mol. The molecule has 0 aliphatic heterocycles. The van der Waals surface area contributed by atoms with Crippen molar-refractivity contribution in [2.24, 2.45) is 18.7 Å². The van der Waals surface area contributed by atoms with Crippen molar-refractivity contribution in [2.75, 3.05) is 11.1 Å². The third kappa shape index (κ3) is 3.89. The van der Waals surface area contributed by atoms with Crippen molar-refractivity contribution in [1.82, 2.24) is 14.8 Å². The number of primary amides is 1. The second kappa shape index (κ2) is 8.27. The largest absolute Gasteiger partial charge is 0.469 e. The molecule has 8 nitrogen and oxygen atoms in total. The van der Waals surface area contributed by atoms with Gasteiger partial charge in [-0.05, 0) is 43.7 Å². The highest BCUT2D eigenvalue weighted by Crippen LogP contribution is 2.39. The molecule has 30 heavy (non-hydrogen) atoms. The van der Waals surface area contributed by atoms with Crippen molar-refractivity contribution >= 4 is 39.9 Å². The maximum Gasteiger partial charge on any atom is 0.251 e. The molecule has 1 aliphatic carbocycles. The maximum absolute atomic E-state index is 12.6. The number of hydrogen-bond donors (Lipinski definition) is 2. The van der Waals surface area contributed by atoms with Crippen LogP contribution in [0, 0.1) is 12.8 Å². The number of thioether (sulfide) groups is 1. The molecule has 0 aromatic carbocycles. The molecule has 3 aromatic heterocycles. The Labute approximate surface area is 182 Å². The molecule has 0 spiro atoms. The molecule has 2 amide bonds. The zero-order chi connectivity index (χ0) is 21.4. The quantitative estimate of drug-likeness (QED) is 0.562. The molecule has 158 valence electrons. The minimum absolute atomic E-state index is 0.146. The van der Waals surface area contributed by atoms with Gasteiger partial charge in [0.2, 0.25) is 5.91 Å². The molecular weight excluding hydrogens is 422 g/mol. The van der Waals surface area contributed by atoms with E-state index < -0.39 is 5.91 Å². The lowest BCUT2D eigenvalue weighted by molar-refractivity contribution is -0.113. The average Bonchev–Trinajstić information content (AvgIpc) is 3.36. The predicted octanol–water partition coefficient (Wildman–Crippen LogP) is 3.40. The number of anilines is 1. The molecule has 4 rings (SSSR count). The lowest BCUT2D eigenvalue weighted by Gasteiger charge is -2.18. The zero-order valence-corrected chi connectivity index (χ0v) is 18.7. The van der Waals surface area contributed by atoms with Gasteiger partial charge in [0.15, 0.2) is 11.0 Å². The van der Waals surface area contributed by atoms with Gasteiger partial charge < -0.3 is 20.0 Å². The van der Waals surface area contributed by atoms with Gasteiger partial charge in [0.1, 0.15) is 10.8 Å². The van der Waals surface area contributed by atoms with Crippen molar-refractivity contribution < 1.29 is 14.0 Å². The Morgan fingerprint density at radius 1 is 1.43 bits per heavy atom. The fourth-order valence-electron chi connectivity index (χ4n) is 3.68. The number of amides is 2. The lowest BCUT2D eigenvalue weighted by atomic mass is 9.88. The zero-order valence-electron chi connectivity index (χ0n) is 17.0. The van der Waals surface area contributed by atoms with Crippen molar-refractivity contribution in [2.45, 2.75) is 38.3 Å². The molecule has 1 aliphatic rings. The molecule has 0 radical (unpaired) electrons. The number of nitrogens with zero attached hydrogens (tertiary/aromatic N) is 3. The van der Waals surface area contributed by atoms with Crippen LogP contribution in [0.2, 0.25) is 0 Å². The highest BCUT2D eigenvalue weighted by atomic mass is 32.2. The van der Waals surface area contributed by atoms with Crippen molar-refractivity contribution in [3.8, 4) is 11.4 Å². The normalized spacial score (nSPS) is 15.8. The Kier molecular flexibility index (Phi) is 5.70. The number of aromatic nitrogens is 3. The van der Waals surface area contributed by atoms with Gasteiger partial charge in [0.25, 0.3) is 5.91 Å². The fourth-order valence-corrected chi connectivity index (χ4v) is 5.83. The monoisotopic (exact) mass is 445 g/mol. The van der Waals surface area contributed by atoms with E-state index in [0.717, 1.165) is 41.0 Å². The molecule has 0 saturated carbocycles. The van der Waals surface area contributed by atoms with Crippen LogP contribution < -0.4 is 11.1 Å². The van der Waals surface area contributed by atoms with E-state index in [0.29, 0.717) is 27.5 Å². The number of thiophene rings is 1. The molecular formula is C20H23N5O3S2. The van der Waals surface area contributed by atoms with Crippen LogP contribution in [0.4, 0.5) is 5.00 Å². The van der Waals surface area contributed by atoms with Gasteiger partial charge in [-0.25, -0.2) is 0 Å². The Hall–Kier alpha value is -2.59. The van der Waals surface area contributed by atoms with Crippen LogP contribution >= 0.6 is 23.1 Å². The van der Waals surface area contributed by atoms with Gasteiger partial charge in [-0.3, -0.25) is 9.59 Å². The van der Waals surface area contributed by atoms with E-state index in [1.807, 2.05) is 24.6 Å². The second-order valence-corrected chi connectivity index (χ2v) is 9.56. The van der Waals surface area contributed by atoms with E-state index in [1.165, 1.54) is 23.1 Å². The van der Waals surface area contributed by atoms with Crippen LogP contribution in [-0.2, 0) is 24.7 Å². The topological polar surface area (TPSA) is 116 Å². The molecule has 0 bridgehead atoms. The standard InChI is InChI=1S/C20H23N5O3S2/c1-10-4-5-13-14(8-10)30-19(16(13)17(21)27)22-15(26)9-29-20-24-23-18(25(20)3)12-6-7-28-11(12)2/h6-7,10H,4-5,8-9H2,1-3H3,(H2,21,27)(H,22,26). The first kappa shape index (κ1) is 20.7. The summed E-state index contributed by atoms with van der Waals surface area (Å²) in [7, 11) is 1.85. The van der Waals surface area contributed by atoms with Gasteiger partial charge >= 0.3 is 0 Å². The molecule has 0 saturated heterocycles. The summed E-state index contributed by atoms with van der Waals surface area (Å²) in [5.41, 5.74) is 7.96. The summed E-state index contributed by atoms with van der Waals surface area (Å²) in [6.07, 6.45) is 4.38. The molecule has 1 atom stereocenters. The third-order valence-corrected chi connectivity index (χ3v) is 7.47. The molecule has 3 heterocycles. The highest BCUT2D eigenvalue weighted by molar-refractivity contribution is 7.99. The number of nitrogens with one attached hydrogen (secondary N) is 1. The maximum atomic E-state index is 12.6. The van der Waals surface area contributed by atoms with E-state index in [4.69, 9.17) is 10.2 Å². The number of rotatable bonds is 6. The number of furan rings is 1. The smallest absolute Gasteiger partial charge is 0.251 e. The molecule has 0 fully saturated rings. The van der Waals surface area contributed by atoms with Crippen LogP contribution in [0.15, 0.2) is 21.9 Å². The summed E-state index contributed by atoms with van der Waals surface area (Å²) in [6, 6.07) is 1.84. The average molecular weight is 446 g/mol. The molecule has 3 aromatic rings. The summed E-state index contributed by atoms with van der Waals surface area (Å²) in [5.74, 6) is 1.46. The summed E-state index contributed by atoms with van der Waals surface area (Å²) in [4.78, 5) is 25.8. The lowest BCUT2D eigenvalue weighted by Crippen LogP contribution is -2.20. The van der Waals surface area contributed by atoms with E-state index in [1.54, 1.807) is 6.26 Å². The first-order valence-corrected chi connectivity index (χ1v) is 11.5. The van der Waals surface area contributed by atoms with Crippen LogP contribution in [0.25, 0.3) is 11.4 Å². The number of hydrogen-bond acceptors (Lipinski definition) is 7. The van der Waals surface area contributed by atoms with Crippen LogP contribution in [-0.4, -0.2) is 32.3 Å². The SMILES string of the molecule is Cc1occc1-c1nnc(SCC(=O)Nc2sc3c(c2C(N)=O)CCC(C)C3)n1C. The van der Waals surface area contributed by atoms with E-state index >= 15 is 0 Å². The molecule has 3 N–H and O–H groups in total. The first-order valence-electron chi connectivity index (χ1n) is 9.66. The van der Waals surface area contributed by atoms with Crippen LogP contribution in [0.3, 0.4) is 0 Å². The van der Waals surface area contributed by atoms with Crippen molar-refractivity contribution in [3.63, 3.8) is 0 Å². The summed E-state index contributed by atoms with van der Waals surface area (Å²) in [6.45, 7) is 4.06. The number of aryl methyl sites for hydroxylation is 1.